The van der Waals surface area contributed by atoms with Gasteiger partial charge in [-0.1, -0.05) is 24.6 Å². The number of nitrogens with zero attached hydrogens (tertiary/aromatic N) is 4. The van der Waals surface area contributed by atoms with Crippen molar-refractivity contribution >= 4 is 23.5 Å². The molecule has 1 aliphatic rings. The molecule has 0 saturated heterocycles. The van der Waals surface area contributed by atoms with E-state index in [9.17, 15) is 4.79 Å². The minimum atomic E-state index is -0.131. The molecule has 136 valence electrons. The number of aromatic nitrogens is 4. The van der Waals surface area contributed by atoms with Crippen molar-refractivity contribution in [3.05, 3.63) is 30.4 Å². The SMILES string of the molecule is Cc1occc1-c1nnc(SCC(=O)Nc2ccnn2C2CCCC2)o1. The van der Waals surface area contributed by atoms with E-state index in [4.69, 9.17) is 8.83 Å². The highest BCUT2D eigenvalue weighted by Crippen LogP contribution is 2.31. The molecule has 26 heavy (non-hydrogen) atoms. The van der Waals surface area contributed by atoms with Crippen LogP contribution in [-0.4, -0.2) is 31.6 Å². The van der Waals surface area contributed by atoms with Crippen LogP contribution in [-0.2, 0) is 4.79 Å². The van der Waals surface area contributed by atoms with E-state index < -0.39 is 0 Å². The third-order valence-electron chi connectivity index (χ3n) is 4.43. The number of carbonyl (C=O) groups is 1. The van der Waals surface area contributed by atoms with E-state index in [0.717, 1.165) is 24.2 Å². The molecular formula is C17H19N5O3S. The highest BCUT2D eigenvalue weighted by Gasteiger charge is 2.21. The fourth-order valence-electron chi connectivity index (χ4n) is 3.14. The van der Waals surface area contributed by atoms with Gasteiger partial charge in [0.25, 0.3) is 11.1 Å². The molecule has 0 unspecified atom stereocenters. The average molecular weight is 373 g/mol. The molecule has 4 rings (SSSR count). The van der Waals surface area contributed by atoms with Gasteiger partial charge in [0.2, 0.25) is 5.91 Å². The Morgan fingerprint density at radius 3 is 2.96 bits per heavy atom. The first kappa shape index (κ1) is 16.9. The number of amides is 1. The minimum Gasteiger partial charge on any atom is -0.469 e. The lowest BCUT2D eigenvalue weighted by Crippen LogP contribution is -2.19. The van der Waals surface area contributed by atoms with Gasteiger partial charge in [-0.3, -0.25) is 4.79 Å². The molecule has 0 aliphatic heterocycles. The van der Waals surface area contributed by atoms with Gasteiger partial charge in [-0.2, -0.15) is 5.10 Å². The Balaban J connectivity index is 1.34. The normalized spacial score (nSPS) is 14.8. The number of furan rings is 1. The van der Waals surface area contributed by atoms with Crippen molar-refractivity contribution in [1.29, 1.82) is 0 Å². The lowest BCUT2D eigenvalue weighted by atomic mass is 10.2. The first-order chi connectivity index (χ1) is 12.7. The van der Waals surface area contributed by atoms with Crippen molar-refractivity contribution in [3.8, 4) is 11.5 Å². The van der Waals surface area contributed by atoms with Crippen LogP contribution < -0.4 is 5.32 Å². The highest BCUT2D eigenvalue weighted by molar-refractivity contribution is 7.99. The van der Waals surface area contributed by atoms with Gasteiger partial charge in [0.15, 0.2) is 0 Å². The Labute approximate surface area is 154 Å². The molecule has 3 heterocycles. The van der Waals surface area contributed by atoms with Crippen molar-refractivity contribution in [2.24, 2.45) is 0 Å². The number of hydrogen-bond acceptors (Lipinski definition) is 7. The first-order valence-corrected chi connectivity index (χ1v) is 9.53. The number of thioether (sulfide) groups is 1. The molecule has 3 aromatic heterocycles. The zero-order chi connectivity index (χ0) is 17.9. The standard InChI is InChI=1S/C17H19N5O3S/c1-11-13(7-9-24-11)16-20-21-17(25-16)26-10-15(23)19-14-6-8-18-22(14)12-4-2-3-5-12/h6-9,12H,2-5,10H2,1H3,(H,19,23). The van der Waals surface area contributed by atoms with Crippen LogP contribution in [0.5, 0.6) is 0 Å². The maximum absolute atomic E-state index is 12.3. The Morgan fingerprint density at radius 1 is 1.35 bits per heavy atom. The largest absolute Gasteiger partial charge is 0.469 e. The number of rotatable bonds is 6. The van der Waals surface area contributed by atoms with E-state index in [1.54, 1.807) is 18.5 Å². The van der Waals surface area contributed by atoms with Gasteiger partial charge in [-0.05, 0) is 25.8 Å². The Hall–Kier alpha value is -2.55. The second-order valence-electron chi connectivity index (χ2n) is 6.20. The molecule has 0 atom stereocenters. The lowest BCUT2D eigenvalue weighted by Gasteiger charge is -2.14. The number of anilines is 1. The smallest absolute Gasteiger partial charge is 0.277 e. The van der Waals surface area contributed by atoms with E-state index in [1.807, 2.05) is 17.7 Å². The van der Waals surface area contributed by atoms with Crippen LogP contribution >= 0.6 is 11.8 Å². The summed E-state index contributed by atoms with van der Waals surface area (Å²) in [6.45, 7) is 1.83. The van der Waals surface area contributed by atoms with Crippen LogP contribution in [0.4, 0.5) is 5.82 Å². The van der Waals surface area contributed by atoms with Crippen LogP contribution in [0.3, 0.4) is 0 Å². The van der Waals surface area contributed by atoms with Gasteiger partial charge in [0.1, 0.15) is 11.6 Å². The maximum atomic E-state index is 12.3. The quantitative estimate of drug-likeness (QED) is 0.658. The fraction of sp³-hybridized carbons (Fsp3) is 0.412. The summed E-state index contributed by atoms with van der Waals surface area (Å²) in [7, 11) is 0. The van der Waals surface area contributed by atoms with Crippen LogP contribution in [0, 0.1) is 6.92 Å². The molecule has 1 amide bonds. The van der Waals surface area contributed by atoms with Gasteiger partial charge < -0.3 is 14.2 Å². The van der Waals surface area contributed by atoms with E-state index in [-0.39, 0.29) is 11.7 Å². The second kappa shape index (κ2) is 7.36. The van der Waals surface area contributed by atoms with Gasteiger partial charge in [0.05, 0.1) is 29.8 Å². The van der Waals surface area contributed by atoms with Crippen molar-refractivity contribution in [3.63, 3.8) is 0 Å². The molecule has 9 heteroatoms. The van der Waals surface area contributed by atoms with E-state index in [1.165, 1.54) is 24.6 Å². The summed E-state index contributed by atoms with van der Waals surface area (Å²) in [6.07, 6.45) is 7.93. The van der Waals surface area contributed by atoms with Crippen LogP contribution in [0.25, 0.3) is 11.5 Å². The number of nitrogens with one attached hydrogen (secondary N) is 1. The van der Waals surface area contributed by atoms with E-state index in [0.29, 0.717) is 22.9 Å². The lowest BCUT2D eigenvalue weighted by molar-refractivity contribution is -0.113. The van der Waals surface area contributed by atoms with Gasteiger partial charge in [-0.15, -0.1) is 10.2 Å². The summed E-state index contributed by atoms with van der Waals surface area (Å²) in [6, 6.07) is 3.98. The second-order valence-corrected chi connectivity index (χ2v) is 7.13. The minimum absolute atomic E-state index is 0.131. The molecule has 0 aromatic carbocycles. The zero-order valence-corrected chi connectivity index (χ0v) is 15.2. The molecule has 0 spiro atoms. The molecule has 8 nitrogen and oxygen atoms in total. The molecule has 1 saturated carbocycles. The highest BCUT2D eigenvalue weighted by atomic mass is 32.2. The number of hydrogen-bond donors (Lipinski definition) is 1. The van der Waals surface area contributed by atoms with E-state index >= 15 is 0 Å². The summed E-state index contributed by atoms with van der Waals surface area (Å²) < 4.78 is 12.7. The number of aryl methyl sites for hydroxylation is 1. The molecule has 3 aromatic rings. The van der Waals surface area contributed by atoms with Gasteiger partial charge in [-0.25, -0.2) is 4.68 Å². The van der Waals surface area contributed by atoms with Crippen molar-refractivity contribution in [2.75, 3.05) is 11.1 Å². The predicted octanol–water partition coefficient (Wildman–Crippen LogP) is 3.68. The molecule has 1 fully saturated rings. The van der Waals surface area contributed by atoms with Crippen LogP contribution in [0.2, 0.25) is 0 Å². The predicted molar refractivity (Wildman–Crippen MR) is 95.8 cm³/mol. The van der Waals surface area contributed by atoms with Crippen LogP contribution in [0.1, 0.15) is 37.5 Å². The molecule has 0 bridgehead atoms. The molecule has 1 N–H and O–H groups in total. The summed E-state index contributed by atoms with van der Waals surface area (Å²) in [4.78, 5) is 12.3. The summed E-state index contributed by atoms with van der Waals surface area (Å²) >= 11 is 1.20. The number of carbonyl (C=O) groups excluding carboxylic acids is 1. The zero-order valence-electron chi connectivity index (χ0n) is 14.3. The Bertz CT molecular complexity index is 894. The third kappa shape index (κ3) is 3.52. The van der Waals surface area contributed by atoms with Crippen molar-refractivity contribution in [2.45, 2.75) is 43.9 Å². The van der Waals surface area contributed by atoms with Crippen LogP contribution in [0.15, 0.2) is 38.6 Å². The molecule has 1 aliphatic carbocycles. The average Bonchev–Trinajstić information content (AvgIpc) is 3.40. The maximum Gasteiger partial charge on any atom is 0.277 e. The Morgan fingerprint density at radius 2 is 2.19 bits per heavy atom. The molecular weight excluding hydrogens is 354 g/mol. The molecule has 0 radical (unpaired) electrons. The topological polar surface area (TPSA) is 99.0 Å². The monoisotopic (exact) mass is 373 g/mol. The van der Waals surface area contributed by atoms with Gasteiger partial charge >= 0.3 is 0 Å². The van der Waals surface area contributed by atoms with Crippen molar-refractivity contribution in [1.82, 2.24) is 20.0 Å². The van der Waals surface area contributed by atoms with Crippen molar-refractivity contribution < 1.29 is 13.6 Å². The summed E-state index contributed by atoms with van der Waals surface area (Å²) in [5, 5.41) is 15.6. The third-order valence-corrected chi connectivity index (χ3v) is 5.25. The Kier molecular flexibility index (Phi) is 4.79. The van der Waals surface area contributed by atoms with E-state index in [2.05, 4.69) is 20.6 Å². The van der Waals surface area contributed by atoms with Gasteiger partial charge in [0, 0.05) is 6.07 Å². The first-order valence-electron chi connectivity index (χ1n) is 8.55. The summed E-state index contributed by atoms with van der Waals surface area (Å²) in [5.74, 6) is 1.89. The summed E-state index contributed by atoms with van der Waals surface area (Å²) in [5.41, 5.74) is 0.759. The fourth-order valence-corrected chi connectivity index (χ4v) is 3.71.